The summed E-state index contributed by atoms with van der Waals surface area (Å²) in [6.07, 6.45) is 0. The van der Waals surface area contributed by atoms with Crippen LogP contribution in [0.3, 0.4) is 0 Å². The minimum absolute atomic E-state index is 0.339. The summed E-state index contributed by atoms with van der Waals surface area (Å²) < 4.78 is 26.2. The molecule has 0 aliphatic carbocycles. The molecule has 0 radical (unpaired) electrons. The number of rotatable bonds is 2. The summed E-state index contributed by atoms with van der Waals surface area (Å²) in [6.45, 7) is 4.45. The summed E-state index contributed by atoms with van der Waals surface area (Å²) in [5.41, 5.74) is 0. The van der Waals surface area contributed by atoms with Gasteiger partial charge in [-0.25, -0.2) is 8.42 Å². The number of hydrogen-bond acceptors (Lipinski definition) is 4. The van der Waals surface area contributed by atoms with Gasteiger partial charge in [0.25, 0.3) is 0 Å². The Labute approximate surface area is 68.1 Å². The number of morpholine rings is 1. The van der Waals surface area contributed by atoms with Crippen molar-refractivity contribution in [3.8, 4) is 0 Å². The van der Waals surface area contributed by atoms with Crippen LogP contribution in [0.1, 0.15) is 6.92 Å². The maximum absolute atomic E-state index is 10.6. The first-order chi connectivity index (χ1) is 5.22. The lowest BCUT2D eigenvalue weighted by Gasteiger charge is -2.28. The summed E-state index contributed by atoms with van der Waals surface area (Å²) in [5.74, 6) is 0. The zero-order valence-electron chi connectivity index (χ0n) is 6.52. The molecule has 0 aromatic carbocycles. The van der Waals surface area contributed by atoms with Gasteiger partial charge in [0.15, 0.2) is 10.7 Å². The lowest BCUT2D eigenvalue weighted by Crippen LogP contribution is -2.42. The van der Waals surface area contributed by atoms with Crippen molar-refractivity contribution < 1.29 is 13.2 Å². The second kappa shape index (κ2) is 4.04. The highest BCUT2D eigenvalue weighted by Crippen LogP contribution is 2.02. The fraction of sp³-hybridized carbons (Fsp3) is 1.00. The molecule has 1 heterocycles. The monoisotopic (exact) mass is 179 g/mol. The van der Waals surface area contributed by atoms with Gasteiger partial charge in [-0.2, -0.15) is 0 Å². The number of nitrogens with zero attached hydrogens (tertiary/aromatic N) is 1. The highest BCUT2D eigenvalue weighted by atomic mass is 32.2. The molecule has 1 unspecified atom stereocenters. The van der Waals surface area contributed by atoms with E-state index in [-0.39, 0.29) is 5.37 Å². The largest absolute Gasteiger partial charge is 0.379 e. The highest BCUT2D eigenvalue weighted by molar-refractivity contribution is 7.73. The quantitative estimate of drug-likeness (QED) is 0.568. The number of thiol groups is 1. The summed E-state index contributed by atoms with van der Waals surface area (Å²) in [7, 11) is -2.31. The van der Waals surface area contributed by atoms with Gasteiger partial charge in [-0.3, -0.25) is 4.90 Å². The van der Waals surface area contributed by atoms with Crippen molar-refractivity contribution in [3.05, 3.63) is 0 Å². The number of ether oxygens (including phenoxy) is 1. The first-order valence-corrected chi connectivity index (χ1v) is 4.92. The number of hydrogen-bond donors (Lipinski definition) is 1. The molecule has 4 nitrogen and oxygen atoms in total. The van der Waals surface area contributed by atoms with Gasteiger partial charge in [0.1, 0.15) is 5.37 Å². The first kappa shape index (κ1) is 8.96. The molecule has 0 saturated carbocycles. The van der Waals surface area contributed by atoms with Crippen LogP contribution in [-0.4, -0.2) is 45.0 Å². The molecule has 66 valence electrons. The van der Waals surface area contributed by atoms with Gasteiger partial charge < -0.3 is 4.74 Å². The zero-order chi connectivity index (χ0) is 8.27. The smallest absolute Gasteiger partial charge is 0.155 e. The maximum atomic E-state index is 10.6. The van der Waals surface area contributed by atoms with Crippen molar-refractivity contribution >= 4 is 10.7 Å². The second-order valence-corrected chi connectivity index (χ2v) is 3.88. The molecule has 0 aromatic heterocycles. The van der Waals surface area contributed by atoms with Crippen LogP contribution in [0.15, 0.2) is 0 Å². The predicted molar refractivity (Wildman–Crippen MR) is 42.2 cm³/mol. The van der Waals surface area contributed by atoms with Crippen molar-refractivity contribution in [1.82, 2.24) is 4.90 Å². The molecule has 0 N–H and O–H groups in total. The van der Waals surface area contributed by atoms with E-state index in [9.17, 15) is 8.42 Å². The average molecular weight is 179 g/mol. The van der Waals surface area contributed by atoms with E-state index in [2.05, 4.69) is 0 Å². The SMILES string of the molecule is CC(N1CCOCC1)[SH](=O)=O. The zero-order valence-corrected chi connectivity index (χ0v) is 7.42. The van der Waals surface area contributed by atoms with Gasteiger partial charge in [0, 0.05) is 13.1 Å². The van der Waals surface area contributed by atoms with E-state index >= 15 is 0 Å². The van der Waals surface area contributed by atoms with Gasteiger partial charge in [0.2, 0.25) is 0 Å². The van der Waals surface area contributed by atoms with Gasteiger partial charge in [-0.05, 0) is 6.92 Å². The lowest BCUT2D eigenvalue weighted by atomic mass is 10.4. The van der Waals surface area contributed by atoms with Crippen LogP contribution in [0, 0.1) is 0 Å². The van der Waals surface area contributed by atoms with E-state index in [1.807, 2.05) is 4.90 Å². The molecule has 1 rings (SSSR count). The highest BCUT2D eigenvalue weighted by Gasteiger charge is 2.18. The molecule has 1 atom stereocenters. The van der Waals surface area contributed by atoms with Crippen molar-refractivity contribution in [1.29, 1.82) is 0 Å². The third-order valence-corrected chi connectivity index (χ3v) is 2.82. The standard InChI is InChI=1S/C6H13NO3S/c1-6(11(8)9)7-2-4-10-5-3-7/h6,11H,2-5H2,1H3. The second-order valence-electron chi connectivity index (χ2n) is 2.57. The third-order valence-electron chi connectivity index (χ3n) is 1.88. The van der Waals surface area contributed by atoms with Crippen LogP contribution in [0.5, 0.6) is 0 Å². The molecule has 0 bridgehead atoms. The van der Waals surface area contributed by atoms with Crippen LogP contribution in [0.2, 0.25) is 0 Å². The van der Waals surface area contributed by atoms with E-state index < -0.39 is 10.7 Å². The Hall–Kier alpha value is -0.130. The topological polar surface area (TPSA) is 46.6 Å². The van der Waals surface area contributed by atoms with E-state index in [1.54, 1.807) is 6.92 Å². The Bertz CT molecular complexity index is 178. The van der Waals surface area contributed by atoms with E-state index in [1.165, 1.54) is 0 Å². The van der Waals surface area contributed by atoms with E-state index in [0.29, 0.717) is 13.2 Å². The Morgan fingerprint density at radius 3 is 2.36 bits per heavy atom. The third kappa shape index (κ3) is 2.43. The summed E-state index contributed by atoms with van der Waals surface area (Å²) >= 11 is 0. The molecule has 1 saturated heterocycles. The summed E-state index contributed by atoms with van der Waals surface area (Å²) in [6, 6.07) is 0. The van der Waals surface area contributed by atoms with Crippen LogP contribution in [-0.2, 0) is 15.4 Å². The molecule has 1 aliphatic heterocycles. The van der Waals surface area contributed by atoms with Crippen LogP contribution >= 0.6 is 0 Å². The molecule has 0 amide bonds. The molecule has 0 spiro atoms. The average Bonchev–Trinajstić information content (AvgIpc) is 2.05. The first-order valence-electron chi connectivity index (χ1n) is 3.67. The minimum atomic E-state index is -2.31. The Morgan fingerprint density at radius 2 is 1.91 bits per heavy atom. The van der Waals surface area contributed by atoms with Crippen LogP contribution in [0.25, 0.3) is 0 Å². The van der Waals surface area contributed by atoms with E-state index in [4.69, 9.17) is 4.74 Å². The fourth-order valence-corrected chi connectivity index (χ4v) is 1.58. The molecular formula is C6H13NO3S. The molecule has 11 heavy (non-hydrogen) atoms. The van der Waals surface area contributed by atoms with Gasteiger partial charge in [-0.15, -0.1) is 0 Å². The maximum Gasteiger partial charge on any atom is 0.155 e. The van der Waals surface area contributed by atoms with Crippen molar-refractivity contribution in [3.63, 3.8) is 0 Å². The minimum Gasteiger partial charge on any atom is -0.379 e. The molecule has 0 aromatic rings. The lowest BCUT2D eigenvalue weighted by molar-refractivity contribution is 0.0342. The van der Waals surface area contributed by atoms with Crippen LogP contribution in [0.4, 0.5) is 0 Å². The van der Waals surface area contributed by atoms with Crippen LogP contribution < -0.4 is 0 Å². The van der Waals surface area contributed by atoms with Gasteiger partial charge in [0.05, 0.1) is 13.2 Å². The normalized spacial score (nSPS) is 23.8. The predicted octanol–water partition coefficient (Wildman–Crippen LogP) is -0.724. The van der Waals surface area contributed by atoms with Gasteiger partial charge >= 0.3 is 0 Å². The molecule has 1 fully saturated rings. The molecule has 1 aliphatic rings. The van der Waals surface area contributed by atoms with Crippen molar-refractivity contribution in [2.45, 2.75) is 12.3 Å². The Balaban J connectivity index is 2.44. The fourth-order valence-electron chi connectivity index (χ4n) is 1.08. The van der Waals surface area contributed by atoms with Crippen molar-refractivity contribution in [2.75, 3.05) is 26.3 Å². The molecular weight excluding hydrogens is 166 g/mol. The summed E-state index contributed by atoms with van der Waals surface area (Å²) in [4.78, 5) is 1.91. The van der Waals surface area contributed by atoms with Gasteiger partial charge in [-0.1, -0.05) is 0 Å². The summed E-state index contributed by atoms with van der Waals surface area (Å²) in [5, 5.41) is -0.339. The Kier molecular flexibility index (Phi) is 3.29. The molecule has 5 heteroatoms. The Morgan fingerprint density at radius 1 is 1.36 bits per heavy atom. The van der Waals surface area contributed by atoms with E-state index in [0.717, 1.165) is 13.1 Å². The van der Waals surface area contributed by atoms with Crippen molar-refractivity contribution in [2.24, 2.45) is 0 Å².